The van der Waals surface area contributed by atoms with Gasteiger partial charge < -0.3 is 10.6 Å². The van der Waals surface area contributed by atoms with E-state index in [1.807, 2.05) is 6.92 Å². The molecule has 2 N–H and O–H groups in total. The summed E-state index contributed by atoms with van der Waals surface area (Å²) >= 11 is 0. The first kappa shape index (κ1) is 19.3. The molecule has 2 aromatic rings. The number of hydrogen-bond acceptors (Lipinski definition) is 3. The zero-order valence-electron chi connectivity index (χ0n) is 14.1. The lowest BCUT2D eigenvalue weighted by Crippen LogP contribution is -2.40. The smallest absolute Gasteiger partial charge is 0.274 e. The molecular formula is C17H21ClF2N4O. The Morgan fingerprint density at radius 3 is 2.72 bits per heavy atom. The molecule has 5 nitrogen and oxygen atoms in total. The number of halogens is 3. The molecule has 8 heteroatoms. The maximum atomic E-state index is 13.6. The second-order valence-corrected chi connectivity index (χ2v) is 6.14. The van der Waals surface area contributed by atoms with Gasteiger partial charge in [-0.05, 0) is 38.3 Å². The van der Waals surface area contributed by atoms with Gasteiger partial charge in [0.15, 0.2) is 17.3 Å². The minimum Gasteiger partial charge on any atom is -0.336 e. The number of amides is 1. The van der Waals surface area contributed by atoms with Crippen LogP contribution in [0.15, 0.2) is 18.2 Å². The lowest BCUT2D eigenvalue weighted by atomic mass is 10.1. The number of carbonyl (C=O) groups is 1. The summed E-state index contributed by atoms with van der Waals surface area (Å²) < 4.78 is 28.3. The second kappa shape index (κ2) is 7.49. The average molecular weight is 371 g/mol. The van der Waals surface area contributed by atoms with E-state index in [1.54, 1.807) is 16.6 Å². The Hall–Kier alpha value is -1.99. The molecule has 3 rings (SSSR count). The minimum atomic E-state index is -0.934. The SMILES string of the molecule is CC(CN)N(C)C(=O)c1nn(-c2ccc(F)c(F)c2)c2c1CCC2.Cl. The predicted molar refractivity (Wildman–Crippen MR) is 93.4 cm³/mol. The summed E-state index contributed by atoms with van der Waals surface area (Å²) in [6.07, 6.45) is 2.42. The van der Waals surface area contributed by atoms with Crippen LogP contribution < -0.4 is 5.73 Å². The highest BCUT2D eigenvalue weighted by Crippen LogP contribution is 2.29. The van der Waals surface area contributed by atoms with Crippen LogP contribution in [0.2, 0.25) is 0 Å². The lowest BCUT2D eigenvalue weighted by Gasteiger charge is -2.23. The van der Waals surface area contributed by atoms with Gasteiger partial charge in [0, 0.05) is 37.0 Å². The van der Waals surface area contributed by atoms with Gasteiger partial charge in [0.05, 0.1) is 5.69 Å². The van der Waals surface area contributed by atoms with Crippen LogP contribution in [0.25, 0.3) is 5.69 Å². The van der Waals surface area contributed by atoms with Gasteiger partial charge in [-0.3, -0.25) is 4.79 Å². The van der Waals surface area contributed by atoms with Crippen LogP contribution >= 0.6 is 12.4 Å². The molecule has 0 saturated carbocycles. The van der Waals surface area contributed by atoms with Crippen molar-refractivity contribution >= 4 is 18.3 Å². The molecule has 0 fully saturated rings. The fourth-order valence-corrected chi connectivity index (χ4v) is 2.96. The minimum absolute atomic E-state index is 0. The Morgan fingerprint density at radius 2 is 2.08 bits per heavy atom. The highest BCUT2D eigenvalue weighted by atomic mass is 35.5. The molecule has 1 atom stereocenters. The number of fused-ring (bicyclic) bond motifs is 1. The van der Waals surface area contributed by atoms with Crippen LogP contribution in [-0.2, 0) is 12.8 Å². The Labute approximate surface area is 151 Å². The number of benzene rings is 1. The van der Waals surface area contributed by atoms with E-state index in [0.29, 0.717) is 17.9 Å². The van der Waals surface area contributed by atoms with Crippen molar-refractivity contribution in [2.24, 2.45) is 5.73 Å². The van der Waals surface area contributed by atoms with E-state index < -0.39 is 11.6 Å². The third kappa shape index (κ3) is 3.39. The first-order valence-corrected chi connectivity index (χ1v) is 7.97. The van der Waals surface area contributed by atoms with Crippen LogP contribution in [-0.4, -0.2) is 40.2 Å². The van der Waals surface area contributed by atoms with E-state index >= 15 is 0 Å². The van der Waals surface area contributed by atoms with Crippen LogP contribution in [0.5, 0.6) is 0 Å². The van der Waals surface area contributed by atoms with Gasteiger partial charge in [0.25, 0.3) is 5.91 Å². The Morgan fingerprint density at radius 1 is 1.36 bits per heavy atom. The Kier molecular flexibility index (Phi) is 5.80. The molecule has 0 radical (unpaired) electrons. The number of nitrogens with two attached hydrogens (primary N) is 1. The highest BCUT2D eigenvalue weighted by molar-refractivity contribution is 5.94. The number of nitrogens with zero attached hydrogens (tertiary/aromatic N) is 3. The zero-order valence-corrected chi connectivity index (χ0v) is 14.9. The molecule has 0 spiro atoms. The molecule has 1 aliphatic carbocycles. The van der Waals surface area contributed by atoms with Crippen LogP contribution in [0.3, 0.4) is 0 Å². The van der Waals surface area contributed by atoms with Crippen LogP contribution in [0, 0.1) is 11.6 Å². The van der Waals surface area contributed by atoms with Crippen molar-refractivity contribution < 1.29 is 13.6 Å². The van der Waals surface area contributed by atoms with Crippen molar-refractivity contribution in [2.45, 2.75) is 32.2 Å². The van der Waals surface area contributed by atoms with E-state index in [0.717, 1.165) is 42.7 Å². The van der Waals surface area contributed by atoms with Gasteiger partial charge in [0.2, 0.25) is 0 Å². The fraction of sp³-hybridized carbons (Fsp3) is 0.412. The summed E-state index contributed by atoms with van der Waals surface area (Å²) in [5.74, 6) is -2.04. The van der Waals surface area contributed by atoms with Gasteiger partial charge in [-0.1, -0.05) is 0 Å². The van der Waals surface area contributed by atoms with Crippen molar-refractivity contribution in [3.8, 4) is 5.69 Å². The number of likely N-dealkylation sites (N-methyl/N-ethyl adjacent to an activating group) is 1. The third-order valence-electron chi connectivity index (χ3n) is 4.60. The summed E-state index contributed by atoms with van der Waals surface area (Å²) in [6, 6.07) is 3.52. The highest BCUT2D eigenvalue weighted by Gasteiger charge is 2.29. The molecule has 25 heavy (non-hydrogen) atoms. The molecule has 1 heterocycles. The number of rotatable bonds is 4. The summed E-state index contributed by atoms with van der Waals surface area (Å²) in [7, 11) is 1.69. The molecule has 1 aromatic carbocycles. The first-order chi connectivity index (χ1) is 11.4. The maximum Gasteiger partial charge on any atom is 0.274 e. The van der Waals surface area contributed by atoms with E-state index in [-0.39, 0.29) is 24.4 Å². The molecule has 0 bridgehead atoms. The zero-order chi connectivity index (χ0) is 17.4. The van der Waals surface area contributed by atoms with E-state index in [4.69, 9.17) is 5.73 Å². The standard InChI is InChI=1S/C17H20F2N4O.ClH/c1-10(9-20)22(2)17(24)16-12-4-3-5-15(12)23(21-16)11-6-7-13(18)14(19)8-11;/h6-8,10H,3-5,9,20H2,1-2H3;1H. The maximum absolute atomic E-state index is 13.6. The largest absolute Gasteiger partial charge is 0.336 e. The van der Waals surface area contributed by atoms with Gasteiger partial charge in [-0.25, -0.2) is 13.5 Å². The summed E-state index contributed by atoms with van der Waals surface area (Å²) in [5, 5.41) is 4.41. The summed E-state index contributed by atoms with van der Waals surface area (Å²) in [5.41, 5.74) is 8.20. The number of carbonyl (C=O) groups excluding carboxylic acids is 1. The van der Waals surface area contributed by atoms with Gasteiger partial charge in [-0.15, -0.1) is 12.4 Å². The number of aromatic nitrogens is 2. The average Bonchev–Trinajstić information content (AvgIpc) is 3.17. The second-order valence-electron chi connectivity index (χ2n) is 6.14. The number of hydrogen-bond donors (Lipinski definition) is 1. The quantitative estimate of drug-likeness (QED) is 0.899. The Bertz CT molecular complexity index is 793. The molecular weight excluding hydrogens is 350 g/mol. The molecule has 1 amide bonds. The molecule has 1 unspecified atom stereocenters. The monoisotopic (exact) mass is 370 g/mol. The fourth-order valence-electron chi connectivity index (χ4n) is 2.96. The lowest BCUT2D eigenvalue weighted by molar-refractivity contribution is 0.0741. The molecule has 1 aromatic heterocycles. The van der Waals surface area contributed by atoms with Crippen LogP contribution in [0.1, 0.15) is 35.1 Å². The topological polar surface area (TPSA) is 64.2 Å². The van der Waals surface area contributed by atoms with Gasteiger partial charge in [-0.2, -0.15) is 5.10 Å². The summed E-state index contributed by atoms with van der Waals surface area (Å²) in [6.45, 7) is 2.22. The predicted octanol–water partition coefficient (Wildman–Crippen LogP) is 2.48. The normalized spacial score (nSPS) is 14.0. The van der Waals surface area contributed by atoms with E-state index in [2.05, 4.69) is 5.10 Å². The Balaban J connectivity index is 0.00000225. The van der Waals surface area contributed by atoms with Crippen molar-refractivity contribution in [3.05, 3.63) is 46.8 Å². The van der Waals surface area contributed by atoms with Crippen LogP contribution in [0.4, 0.5) is 8.78 Å². The van der Waals surface area contributed by atoms with Crippen molar-refractivity contribution in [1.82, 2.24) is 14.7 Å². The van der Waals surface area contributed by atoms with Crippen molar-refractivity contribution in [3.63, 3.8) is 0 Å². The van der Waals surface area contributed by atoms with Crippen molar-refractivity contribution in [2.75, 3.05) is 13.6 Å². The molecule has 136 valence electrons. The van der Waals surface area contributed by atoms with E-state index in [1.165, 1.54) is 6.07 Å². The van der Waals surface area contributed by atoms with Gasteiger partial charge in [0.1, 0.15) is 0 Å². The third-order valence-corrected chi connectivity index (χ3v) is 4.60. The first-order valence-electron chi connectivity index (χ1n) is 7.97. The van der Waals surface area contributed by atoms with Crippen molar-refractivity contribution in [1.29, 1.82) is 0 Å². The molecule has 1 aliphatic rings. The van der Waals surface area contributed by atoms with Gasteiger partial charge >= 0.3 is 0 Å². The summed E-state index contributed by atoms with van der Waals surface area (Å²) in [4.78, 5) is 14.3. The molecule has 0 saturated heterocycles. The molecule has 0 aliphatic heterocycles. The van der Waals surface area contributed by atoms with E-state index in [9.17, 15) is 13.6 Å².